The topological polar surface area (TPSA) is 41.6 Å². The number of ether oxygens (including phenoxy) is 1. The Morgan fingerprint density at radius 1 is 1.31 bits per heavy atom. The van der Waals surface area contributed by atoms with Gasteiger partial charge in [-0.05, 0) is 38.8 Å². The fourth-order valence-corrected chi connectivity index (χ4v) is 2.66. The SMILES string of the molecule is CO[C@@H]1CCCN(C(=O)C2CCNCC2)C1. The van der Waals surface area contributed by atoms with Crippen LogP contribution in [0.3, 0.4) is 0 Å². The average Bonchev–Trinajstić information content (AvgIpc) is 2.39. The molecule has 4 heteroatoms. The summed E-state index contributed by atoms with van der Waals surface area (Å²) in [7, 11) is 1.74. The van der Waals surface area contributed by atoms with Crippen LogP contribution in [0.1, 0.15) is 25.7 Å². The molecule has 16 heavy (non-hydrogen) atoms. The van der Waals surface area contributed by atoms with E-state index in [9.17, 15) is 4.79 Å². The Kier molecular flexibility index (Phi) is 4.18. The number of rotatable bonds is 2. The number of hydrogen-bond acceptors (Lipinski definition) is 3. The minimum atomic E-state index is 0.247. The van der Waals surface area contributed by atoms with Crippen molar-refractivity contribution in [2.45, 2.75) is 31.8 Å². The smallest absolute Gasteiger partial charge is 0.225 e. The van der Waals surface area contributed by atoms with Crippen LogP contribution >= 0.6 is 0 Å². The second kappa shape index (κ2) is 5.64. The molecule has 0 saturated carbocycles. The van der Waals surface area contributed by atoms with E-state index < -0.39 is 0 Å². The first-order valence-electron chi connectivity index (χ1n) is 6.33. The normalized spacial score (nSPS) is 28.1. The lowest BCUT2D eigenvalue weighted by molar-refractivity contribution is -0.139. The lowest BCUT2D eigenvalue weighted by Crippen LogP contribution is -2.47. The summed E-state index contributed by atoms with van der Waals surface area (Å²) in [5, 5.41) is 3.30. The van der Waals surface area contributed by atoms with Crippen molar-refractivity contribution >= 4 is 5.91 Å². The maximum Gasteiger partial charge on any atom is 0.225 e. The van der Waals surface area contributed by atoms with E-state index in [1.165, 1.54) is 0 Å². The van der Waals surface area contributed by atoms with E-state index in [0.717, 1.165) is 51.9 Å². The van der Waals surface area contributed by atoms with Crippen LogP contribution in [-0.4, -0.2) is 50.2 Å². The van der Waals surface area contributed by atoms with Gasteiger partial charge in [0.15, 0.2) is 0 Å². The first-order valence-corrected chi connectivity index (χ1v) is 6.33. The van der Waals surface area contributed by atoms with Crippen molar-refractivity contribution in [3.8, 4) is 0 Å². The minimum Gasteiger partial charge on any atom is -0.380 e. The molecule has 2 rings (SSSR count). The largest absolute Gasteiger partial charge is 0.380 e. The Morgan fingerprint density at radius 2 is 2.06 bits per heavy atom. The van der Waals surface area contributed by atoms with Crippen molar-refractivity contribution in [2.24, 2.45) is 5.92 Å². The number of methoxy groups -OCH3 is 1. The number of carbonyl (C=O) groups is 1. The van der Waals surface area contributed by atoms with Crippen molar-refractivity contribution in [2.75, 3.05) is 33.3 Å². The molecule has 2 fully saturated rings. The van der Waals surface area contributed by atoms with Gasteiger partial charge in [-0.2, -0.15) is 0 Å². The number of nitrogens with one attached hydrogen (secondary N) is 1. The highest BCUT2D eigenvalue weighted by atomic mass is 16.5. The summed E-state index contributed by atoms with van der Waals surface area (Å²) >= 11 is 0. The van der Waals surface area contributed by atoms with Crippen LogP contribution in [0, 0.1) is 5.92 Å². The van der Waals surface area contributed by atoms with Crippen molar-refractivity contribution in [3.63, 3.8) is 0 Å². The van der Waals surface area contributed by atoms with E-state index >= 15 is 0 Å². The number of carbonyl (C=O) groups excluding carboxylic acids is 1. The van der Waals surface area contributed by atoms with Crippen LogP contribution in [0.25, 0.3) is 0 Å². The van der Waals surface area contributed by atoms with Gasteiger partial charge in [-0.15, -0.1) is 0 Å². The number of hydrogen-bond donors (Lipinski definition) is 1. The zero-order valence-electron chi connectivity index (χ0n) is 10.1. The van der Waals surface area contributed by atoms with E-state index in [-0.39, 0.29) is 12.0 Å². The molecule has 1 atom stereocenters. The Morgan fingerprint density at radius 3 is 2.75 bits per heavy atom. The number of amides is 1. The molecule has 0 spiro atoms. The van der Waals surface area contributed by atoms with Gasteiger partial charge in [0.05, 0.1) is 6.10 Å². The molecule has 2 heterocycles. The summed E-state index contributed by atoms with van der Waals surface area (Å²) in [5.41, 5.74) is 0. The monoisotopic (exact) mass is 226 g/mol. The van der Waals surface area contributed by atoms with Crippen LogP contribution in [0.2, 0.25) is 0 Å². The van der Waals surface area contributed by atoms with Gasteiger partial charge in [0.25, 0.3) is 0 Å². The molecule has 0 aromatic rings. The highest BCUT2D eigenvalue weighted by Crippen LogP contribution is 2.19. The lowest BCUT2D eigenvalue weighted by atomic mass is 9.95. The molecule has 0 radical (unpaired) electrons. The number of likely N-dealkylation sites (tertiary alicyclic amines) is 1. The summed E-state index contributed by atoms with van der Waals surface area (Å²) in [4.78, 5) is 14.3. The number of nitrogens with zero attached hydrogens (tertiary/aromatic N) is 1. The summed E-state index contributed by atoms with van der Waals surface area (Å²) in [6, 6.07) is 0. The molecule has 2 aliphatic heterocycles. The third kappa shape index (κ3) is 2.74. The lowest BCUT2D eigenvalue weighted by Gasteiger charge is -2.35. The van der Waals surface area contributed by atoms with Gasteiger partial charge in [0, 0.05) is 26.1 Å². The molecule has 4 nitrogen and oxygen atoms in total. The standard InChI is InChI=1S/C12H22N2O2/c1-16-11-3-2-8-14(9-11)12(15)10-4-6-13-7-5-10/h10-11,13H,2-9H2,1H3/t11-/m1/s1. The predicted octanol–water partition coefficient (Wildman–Crippen LogP) is 0.623. The summed E-state index contributed by atoms with van der Waals surface area (Å²) in [6.45, 7) is 3.68. The Bertz CT molecular complexity index is 239. The highest BCUT2D eigenvalue weighted by molar-refractivity contribution is 5.79. The molecule has 0 aromatic carbocycles. The van der Waals surface area contributed by atoms with Gasteiger partial charge in [0.1, 0.15) is 0 Å². The quantitative estimate of drug-likeness (QED) is 0.750. The third-order valence-electron chi connectivity index (χ3n) is 3.71. The van der Waals surface area contributed by atoms with Gasteiger partial charge < -0.3 is 15.0 Å². The Balaban J connectivity index is 1.87. The highest BCUT2D eigenvalue weighted by Gasteiger charge is 2.29. The Labute approximate surface area is 97.3 Å². The molecule has 0 unspecified atom stereocenters. The van der Waals surface area contributed by atoms with Gasteiger partial charge in [0.2, 0.25) is 5.91 Å². The molecule has 0 bridgehead atoms. The summed E-state index contributed by atoms with van der Waals surface area (Å²) in [5.74, 6) is 0.597. The summed E-state index contributed by atoms with van der Waals surface area (Å²) in [6.07, 6.45) is 4.40. The van der Waals surface area contributed by atoms with Crippen LogP contribution < -0.4 is 5.32 Å². The minimum absolute atomic E-state index is 0.247. The van der Waals surface area contributed by atoms with Crippen molar-refractivity contribution in [1.29, 1.82) is 0 Å². The average molecular weight is 226 g/mol. The van der Waals surface area contributed by atoms with Crippen molar-refractivity contribution < 1.29 is 9.53 Å². The van der Waals surface area contributed by atoms with Gasteiger partial charge in [-0.25, -0.2) is 0 Å². The molecule has 2 aliphatic rings. The molecule has 92 valence electrons. The summed E-state index contributed by atoms with van der Waals surface area (Å²) < 4.78 is 5.35. The van der Waals surface area contributed by atoms with E-state index in [2.05, 4.69) is 5.32 Å². The second-order valence-corrected chi connectivity index (χ2v) is 4.81. The van der Waals surface area contributed by atoms with Gasteiger partial charge in [-0.3, -0.25) is 4.79 Å². The molecule has 0 aromatic heterocycles. The molecule has 1 amide bonds. The van der Waals surface area contributed by atoms with E-state index in [4.69, 9.17) is 4.74 Å². The maximum atomic E-state index is 12.3. The van der Waals surface area contributed by atoms with Crippen LogP contribution in [0.4, 0.5) is 0 Å². The van der Waals surface area contributed by atoms with Crippen molar-refractivity contribution in [3.05, 3.63) is 0 Å². The number of piperidine rings is 2. The Hall–Kier alpha value is -0.610. The molecule has 2 saturated heterocycles. The van der Waals surface area contributed by atoms with E-state index in [0.29, 0.717) is 5.91 Å². The van der Waals surface area contributed by atoms with E-state index in [1.807, 2.05) is 4.90 Å². The third-order valence-corrected chi connectivity index (χ3v) is 3.71. The first kappa shape index (κ1) is 11.9. The van der Waals surface area contributed by atoms with Crippen LogP contribution in [0.5, 0.6) is 0 Å². The van der Waals surface area contributed by atoms with Gasteiger partial charge >= 0.3 is 0 Å². The van der Waals surface area contributed by atoms with Crippen molar-refractivity contribution in [1.82, 2.24) is 10.2 Å². The fourth-order valence-electron chi connectivity index (χ4n) is 2.66. The fraction of sp³-hybridized carbons (Fsp3) is 0.917. The predicted molar refractivity (Wildman–Crippen MR) is 62.2 cm³/mol. The van der Waals surface area contributed by atoms with Gasteiger partial charge in [-0.1, -0.05) is 0 Å². The molecule has 0 aliphatic carbocycles. The zero-order chi connectivity index (χ0) is 11.4. The molecular weight excluding hydrogens is 204 g/mol. The zero-order valence-corrected chi connectivity index (χ0v) is 10.1. The molecule has 1 N–H and O–H groups in total. The maximum absolute atomic E-state index is 12.3. The molecular formula is C12H22N2O2. The van der Waals surface area contributed by atoms with Crippen LogP contribution in [-0.2, 0) is 9.53 Å². The van der Waals surface area contributed by atoms with E-state index in [1.54, 1.807) is 7.11 Å². The first-order chi connectivity index (χ1) is 7.81. The van der Waals surface area contributed by atoms with Crippen LogP contribution in [0.15, 0.2) is 0 Å². The second-order valence-electron chi connectivity index (χ2n) is 4.81.